The number of esters is 1. The van der Waals surface area contributed by atoms with E-state index in [-0.39, 0.29) is 25.6 Å². The Morgan fingerprint density at radius 3 is 2.81 bits per heavy atom. The van der Waals surface area contributed by atoms with E-state index in [1.54, 1.807) is 0 Å². The molecule has 0 spiro atoms. The minimum atomic E-state index is -0.999. The lowest BCUT2D eigenvalue weighted by molar-refractivity contribution is -0.149. The number of aryl methyl sites for hydroxylation is 2. The van der Waals surface area contributed by atoms with Gasteiger partial charge >= 0.3 is 11.9 Å². The van der Waals surface area contributed by atoms with Gasteiger partial charge in [-0.05, 0) is 43.4 Å². The van der Waals surface area contributed by atoms with Crippen LogP contribution in [-0.4, -0.2) is 29.8 Å². The van der Waals surface area contributed by atoms with Crippen LogP contribution in [0.4, 0.5) is 0 Å². The van der Waals surface area contributed by atoms with E-state index >= 15 is 0 Å². The first-order chi connectivity index (χ1) is 9.97. The highest BCUT2D eigenvalue weighted by molar-refractivity contribution is 5.76. The van der Waals surface area contributed by atoms with Gasteiger partial charge in [0.15, 0.2) is 0 Å². The van der Waals surface area contributed by atoms with Crippen LogP contribution in [0.5, 0.6) is 5.75 Å². The molecule has 1 heterocycles. The standard InChI is InChI=1S/C16H20O5/c1-10-3-4-12-5-6-13(21-16(12)11(10)2)9-20-15(19)8-7-14(17)18/h3-4,13H,5-9H2,1-2H3,(H,17,18). The molecule has 1 unspecified atom stereocenters. The van der Waals surface area contributed by atoms with Gasteiger partial charge in [0.2, 0.25) is 0 Å². The second-order valence-corrected chi connectivity index (χ2v) is 5.35. The molecule has 0 aromatic heterocycles. The van der Waals surface area contributed by atoms with Crippen molar-refractivity contribution in [3.05, 3.63) is 28.8 Å². The van der Waals surface area contributed by atoms with Gasteiger partial charge in [-0.1, -0.05) is 12.1 Å². The van der Waals surface area contributed by atoms with Crippen LogP contribution in [0.1, 0.15) is 36.0 Å². The highest BCUT2D eigenvalue weighted by Crippen LogP contribution is 2.32. The van der Waals surface area contributed by atoms with Crippen LogP contribution < -0.4 is 4.74 Å². The van der Waals surface area contributed by atoms with Crippen LogP contribution in [-0.2, 0) is 20.7 Å². The molecule has 0 aliphatic carbocycles. The van der Waals surface area contributed by atoms with Crippen molar-refractivity contribution in [2.24, 2.45) is 0 Å². The molecule has 0 radical (unpaired) electrons. The van der Waals surface area contributed by atoms with E-state index in [2.05, 4.69) is 12.1 Å². The quantitative estimate of drug-likeness (QED) is 0.844. The predicted octanol–water partition coefficient (Wildman–Crippen LogP) is 2.41. The van der Waals surface area contributed by atoms with Gasteiger partial charge in [0.25, 0.3) is 0 Å². The molecular formula is C16H20O5. The number of carboxylic acids is 1. The van der Waals surface area contributed by atoms with E-state index in [0.717, 1.165) is 24.2 Å². The molecule has 21 heavy (non-hydrogen) atoms. The van der Waals surface area contributed by atoms with Crippen molar-refractivity contribution < 1.29 is 24.2 Å². The number of hydrogen-bond acceptors (Lipinski definition) is 4. The average Bonchev–Trinajstić information content (AvgIpc) is 2.47. The van der Waals surface area contributed by atoms with Crippen LogP contribution in [0, 0.1) is 13.8 Å². The van der Waals surface area contributed by atoms with Gasteiger partial charge in [0.05, 0.1) is 12.8 Å². The van der Waals surface area contributed by atoms with E-state index in [9.17, 15) is 9.59 Å². The summed E-state index contributed by atoms with van der Waals surface area (Å²) in [4.78, 5) is 21.8. The van der Waals surface area contributed by atoms with Crippen LogP contribution in [0.15, 0.2) is 12.1 Å². The van der Waals surface area contributed by atoms with Gasteiger partial charge in [0, 0.05) is 0 Å². The third-order valence-electron chi connectivity index (χ3n) is 3.75. The third-order valence-corrected chi connectivity index (χ3v) is 3.75. The molecule has 0 saturated heterocycles. The van der Waals surface area contributed by atoms with E-state index in [0.29, 0.717) is 0 Å². The van der Waals surface area contributed by atoms with E-state index in [1.807, 2.05) is 13.8 Å². The Balaban J connectivity index is 1.88. The summed E-state index contributed by atoms with van der Waals surface area (Å²) in [6.45, 7) is 4.23. The zero-order chi connectivity index (χ0) is 15.4. The minimum Gasteiger partial charge on any atom is -0.486 e. The molecule has 1 aromatic rings. The fourth-order valence-corrected chi connectivity index (χ4v) is 2.33. The first-order valence-electron chi connectivity index (χ1n) is 7.10. The Labute approximate surface area is 123 Å². The van der Waals surface area contributed by atoms with Crippen LogP contribution >= 0.6 is 0 Å². The summed E-state index contributed by atoms with van der Waals surface area (Å²) in [7, 11) is 0. The highest BCUT2D eigenvalue weighted by atomic mass is 16.6. The van der Waals surface area contributed by atoms with Crippen molar-refractivity contribution in [2.45, 2.75) is 45.6 Å². The fraction of sp³-hybridized carbons (Fsp3) is 0.500. The molecule has 0 saturated carbocycles. The molecule has 0 amide bonds. The monoisotopic (exact) mass is 292 g/mol. The smallest absolute Gasteiger partial charge is 0.306 e. The summed E-state index contributed by atoms with van der Waals surface area (Å²) < 4.78 is 11.0. The van der Waals surface area contributed by atoms with Crippen molar-refractivity contribution in [2.75, 3.05) is 6.61 Å². The van der Waals surface area contributed by atoms with E-state index < -0.39 is 11.9 Å². The maximum Gasteiger partial charge on any atom is 0.306 e. The maximum atomic E-state index is 11.4. The minimum absolute atomic E-state index is 0.100. The first kappa shape index (κ1) is 15.4. The van der Waals surface area contributed by atoms with Gasteiger partial charge < -0.3 is 14.6 Å². The maximum absolute atomic E-state index is 11.4. The van der Waals surface area contributed by atoms with Gasteiger partial charge in [-0.25, -0.2) is 0 Å². The number of ether oxygens (including phenoxy) is 2. The third kappa shape index (κ3) is 3.97. The van der Waals surface area contributed by atoms with Gasteiger partial charge in [-0.15, -0.1) is 0 Å². The number of carbonyl (C=O) groups excluding carboxylic acids is 1. The highest BCUT2D eigenvalue weighted by Gasteiger charge is 2.23. The van der Waals surface area contributed by atoms with Crippen molar-refractivity contribution >= 4 is 11.9 Å². The molecule has 1 aliphatic heterocycles. The summed E-state index contributed by atoms with van der Waals surface area (Å²) in [6, 6.07) is 4.16. The topological polar surface area (TPSA) is 72.8 Å². The largest absolute Gasteiger partial charge is 0.486 e. The van der Waals surface area contributed by atoms with Crippen LogP contribution in [0.2, 0.25) is 0 Å². The summed E-state index contributed by atoms with van der Waals surface area (Å²) in [5, 5.41) is 8.51. The molecular weight excluding hydrogens is 272 g/mol. The number of carboxylic acid groups (broad SMARTS) is 1. The number of fused-ring (bicyclic) bond motifs is 1. The van der Waals surface area contributed by atoms with E-state index in [4.69, 9.17) is 14.6 Å². The number of carbonyl (C=O) groups is 2. The lowest BCUT2D eigenvalue weighted by Gasteiger charge is -2.27. The van der Waals surface area contributed by atoms with E-state index in [1.165, 1.54) is 11.1 Å². The molecule has 1 atom stereocenters. The molecule has 114 valence electrons. The zero-order valence-electron chi connectivity index (χ0n) is 12.3. The number of aliphatic carboxylic acids is 1. The SMILES string of the molecule is Cc1ccc2c(c1C)OC(COC(=O)CCC(=O)O)CC2. The zero-order valence-corrected chi connectivity index (χ0v) is 12.3. The lowest BCUT2D eigenvalue weighted by atomic mass is 9.97. The van der Waals surface area contributed by atoms with Crippen LogP contribution in [0.25, 0.3) is 0 Å². The summed E-state index contributed by atoms with van der Waals surface area (Å²) in [6.07, 6.45) is 1.23. The second kappa shape index (κ2) is 6.61. The van der Waals surface area contributed by atoms with Crippen LogP contribution in [0.3, 0.4) is 0 Å². The number of rotatable bonds is 5. The first-order valence-corrected chi connectivity index (χ1v) is 7.10. The summed E-state index contributed by atoms with van der Waals surface area (Å²) >= 11 is 0. The Bertz CT molecular complexity index is 550. The summed E-state index contributed by atoms with van der Waals surface area (Å²) in [5.74, 6) is -0.596. The van der Waals surface area contributed by atoms with Gasteiger partial charge in [-0.2, -0.15) is 0 Å². The Morgan fingerprint density at radius 1 is 1.33 bits per heavy atom. The Morgan fingerprint density at radius 2 is 2.10 bits per heavy atom. The lowest BCUT2D eigenvalue weighted by Crippen LogP contribution is -2.29. The average molecular weight is 292 g/mol. The summed E-state index contributed by atoms with van der Waals surface area (Å²) in [5.41, 5.74) is 3.48. The predicted molar refractivity (Wildman–Crippen MR) is 76.5 cm³/mol. The molecule has 2 rings (SSSR count). The normalized spacial score (nSPS) is 16.8. The van der Waals surface area contributed by atoms with Crippen molar-refractivity contribution in [1.29, 1.82) is 0 Å². The van der Waals surface area contributed by atoms with Gasteiger partial charge in [-0.3, -0.25) is 9.59 Å². The Hall–Kier alpha value is -2.04. The van der Waals surface area contributed by atoms with Crippen molar-refractivity contribution in [1.82, 2.24) is 0 Å². The molecule has 0 bridgehead atoms. The van der Waals surface area contributed by atoms with Gasteiger partial charge in [0.1, 0.15) is 18.5 Å². The number of benzene rings is 1. The Kier molecular flexibility index (Phi) is 4.83. The molecule has 1 aromatic carbocycles. The second-order valence-electron chi connectivity index (χ2n) is 5.35. The molecule has 5 nitrogen and oxygen atoms in total. The van der Waals surface area contributed by atoms with Crippen molar-refractivity contribution in [3.63, 3.8) is 0 Å². The molecule has 1 aliphatic rings. The van der Waals surface area contributed by atoms with Crippen molar-refractivity contribution in [3.8, 4) is 5.75 Å². The molecule has 5 heteroatoms. The fourth-order valence-electron chi connectivity index (χ4n) is 2.33. The molecule has 1 N–H and O–H groups in total. The number of hydrogen-bond donors (Lipinski definition) is 1. The molecule has 0 fully saturated rings.